The first kappa shape index (κ1) is 13.9. The molecule has 0 aromatic carbocycles. The molecule has 1 saturated heterocycles. The number of carbonyl (C=O) groups excluding carboxylic acids is 1. The van der Waals surface area contributed by atoms with E-state index < -0.39 is 0 Å². The molecule has 2 aliphatic rings. The molecule has 0 radical (unpaired) electrons. The molecule has 1 unspecified atom stereocenters. The minimum atomic E-state index is 0.272. The van der Waals surface area contributed by atoms with Crippen LogP contribution in [0.1, 0.15) is 58.8 Å². The van der Waals surface area contributed by atoms with Gasteiger partial charge in [0.1, 0.15) is 0 Å². The van der Waals surface area contributed by atoms with Crippen molar-refractivity contribution in [2.24, 2.45) is 11.3 Å². The topological polar surface area (TPSA) is 41.1 Å². The van der Waals surface area contributed by atoms with Gasteiger partial charge in [0.15, 0.2) is 0 Å². The van der Waals surface area contributed by atoms with Gasteiger partial charge in [-0.15, -0.1) is 0 Å². The normalized spacial score (nSPS) is 28.2. The fraction of sp³-hybridized carbons (Fsp3) is 0.933. The van der Waals surface area contributed by atoms with E-state index >= 15 is 0 Å². The Bertz CT molecular complexity index is 282. The summed E-state index contributed by atoms with van der Waals surface area (Å²) >= 11 is 0. The molecule has 1 saturated carbocycles. The molecule has 0 aromatic heterocycles. The van der Waals surface area contributed by atoms with Gasteiger partial charge in [-0.05, 0) is 56.5 Å². The van der Waals surface area contributed by atoms with E-state index in [4.69, 9.17) is 0 Å². The Morgan fingerprint density at radius 2 is 2.00 bits per heavy atom. The molecule has 3 nitrogen and oxygen atoms in total. The fourth-order valence-electron chi connectivity index (χ4n) is 3.37. The SMILES string of the molecule is CC1(C)CCCC1NC(=O)CCC1CCNCC1. The first-order valence-corrected chi connectivity index (χ1v) is 7.58. The largest absolute Gasteiger partial charge is 0.353 e. The molecule has 104 valence electrons. The summed E-state index contributed by atoms with van der Waals surface area (Å²) in [7, 11) is 0. The third-order valence-corrected chi connectivity index (χ3v) is 4.83. The predicted octanol–water partition coefficient (Wildman–Crippen LogP) is 2.46. The summed E-state index contributed by atoms with van der Waals surface area (Å²) in [6, 6.07) is 0.401. The molecule has 0 bridgehead atoms. The van der Waals surface area contributed by atoms with Gasteiger partial charge in [-0.2, -0.15) is 0 Å². The maximum absolute atomic E-state index is 12.0. The highest BCUT2D eigenvalue weighted by atomic mass is 16.1. The number of nitrogens with one attached hydrogen (secondary N) is 2. The maximum atomic E-state index is 12.0. The minimum Gasteiger partial charge on any atom is -0.353 e. The van der Waals surface area contributed by atoms with Crippen molar-refractivity contribution in [2.75, 3.05) is 13.1 Å². The van der Waals surface area contributed by atoms with Crippen LogP contribution < -0.4 is 10.6 Å². The van der Waals surface area contributed by atoms with E-state index in [1.165, 1.54) is 25.7 Å². The van der Waals surface area contributed by atoms with Crippen LogP contribution in [0.25, 0.3) is 0 Å². The van der Waals surface area contributed by atoms with Crippen LogP contribution in [0.2, 0.25) is 0 Å². The highest BCUT2D eigenvalue weighted by molar-refractivity contribution is 5.76. The quantitative estimate of drug-likeness (QED) is 0.807. The summed E-state index contributed by atoms with van der Waals surface area (Å²) in [6.07, 6.45) is 7.92. The van der Waals surface area contributed by atoms with Crippen LogP contribution in [0, 0.1) is 11.3 Å². The molecule has 2 fully saturated rings. The lowest BCUT2D eigenvalue weighted by molar-refractivity contribution is -0.122. The molecule has 0 aromatic rings. The van der Waals surface area contributed by atoms with E-state index in [1.54, 1.807) is 0 Å². The van der Waals surface area contributed by atoms with Crippen molar-refractivity contribution < 1.29 is 4.79 Å². The van der Waals surface area contributed by atoms with Crippen molar-refractivity contribution in [1.29, 1.82) is 0 Å². The molecule has 18 heavy (non-hydrogen) atoms. The van der Waals surface area contributed by atoms with Crippen molar-refractivity contribution in [2.45, 2.75) is 64.8 Å². The second-order valence-electron chi connectivity index (χ2n) is 6.73. The highest BCUT2D eigenvalue weighted by Gasteiger charge is 2.35. The molecule has 1 aliphatic heterocycles. The van der Waals surface area contributed by atoms with E-state index in [0.717, 1.165) is 38.3 Å². The zero-order valence-corrected chi connectivity index (χ0v) is 11.9. The Morgan fingerprint density at radius 3 is 2.61 bits per heavy atom. The van der Waals surface area contributed by atoms with Gasteiger partial charge >= 0.3 is 0 Å². The Hall–Kier alpha value is -0.570. The number of amides is 1. The zero-order chi connectivity index (χ0) is 13.0. The smallest absolute Gasteiger partial charge is 0.220 e. The molecule has 0 spiro atoms. The molecule has 3 heteroatoms. The minimum absolute atomic E-state index is 0.272. The highest BCUT2D eigenvalue weighted by Crippen LogP contribution is 2.37. The second kappa shape index (κ2) is 6.05. The van der Waals surface area contributed by atoms with Crippen LogP contribution in [0.3, 0.4) is 0 Å². The van der Waals surface area contributed by atoms with Crippen LogP contribution in [0.5, 0.6) is 0 Å². The molecular formula is C15H28N2O. The first-order chi connectivity index (χ1) is 8.58. The molecule has 2 N–H and O–H groups in total. The Balaban J connectivity index is 1.68. The monoisotopic (exact) mass is 252 g/mol. The Kier molecular flexibility index (Phi) is 4.66. The van der Waals surface area contributed by atoms with Crippen LogP contribution in [0.15, 0.2) is 0 Å². The van der Waals surface area contributed by atoms with Gasteiger partial charge in [-0.25, -0.2) is 0 Å². The zero-order valence-electron chi connectivity index (χ0n) is 11.9. The molecule has 1 heterocycles. The Morgan fingerprint density at radius 1 is 1.28 bits per heavy atom. The van der Waals surface area contributed by atoms with Gasteiger partial charge in [0.05, 0.1) is 0 Å². The van der Waals surface area contributed by atoms with Crippen LogP contribution in [0.4, 0.5) is 0 Å². The predicted molar refractivity (Wildman–Crippen MR) is 74.4 cm³/mol. The van der Waals surface area contributed by atoms with Crippen molar-refractivity contribution in [3.8, 4) is 0 Å². The maximum Gasteiger partial charge on any atom is 0.220 e. The molecular weight excluding hydrogens is 224 g/mol. The van der Waals surface area contributed by atoms with Crippen molar-refractivity contribution >= 4 is 5.91 Å². The van der Waals surface area contributed by atoms with E-state index in [1.807, 2.05) is 0 Å². The third-order valence-electron chi connectivity index (χ3n) is 4.83. The molecule has 1 amide bonds. The van der Waals surface area contributed by atoms with E-state index in [0.29, 0.717) is 11.5 Å². The lowest BCUT2D eigenvalue weighted by Crippen LogP contribution is -2.41. The average molecular weight is 252 g/mol. The lowest BCUT2D eigenvalue weighted by atomic mass is 9.87. The van der Waals surface area contributed by atoms with Gasteiger partial charge in [0.2, 0.25) is 5.91 Å². The van der Waals surface area contributed by atoms with Crippen LogP contribution in [-0.4, -0.2) is 25.0 Å². The number of hydrogen-bond acceptors (Lipinski definition) is 2. The summed E-state index contributed by atoms with van der Waals surface area (Å²) in [6.45, 7) is 6.80. The van der Waals surface area contributed by atoms with Crippen molar-refractivity contribution in [1.82, 2.24) is 10.6 Å². The standard InChI is InChI=1S/C15H28N2O/c1-15(2)9-3-4-13(15)17-14(18)6-5-12-7-10-16-11-8-12/h12-13,16H,3-11H2,1-2H3,(H,17,18). The number of carbonyl (C=O) groups is 1. The summed E-state index contributed by atoms with van der Waals surface area (Å²) in [5, 5.41) is 6.63. The van der Waals surface area contributed by atoms with Gasteiger partial charge in [0, 0.05) is 12.5 Å². The summed E-state index contributed by atoms with van der Waals surface area (Å²) < 4.78 is 0. The summed E-state index contributed by atoms with van der Waals surface area (Å²) in [4.78, 5) is 12.0. The number of rotatable bonds is 4. The second-order valence-corrected chi connectivity index (χ2v) is 6.73. The number of piperidine rings is 1. The number of hydrogen-bond donors (Lipinski definition) is 2. The van der Waals surface area contributed by atoms with E-state index in [2.05, 4.69) is 24.5 Å². The summed E-state index contributed by atoms with van der Waals surface area (Å²) in [5.74, 6) is 1.03. The first-order valence-electron chi connectivity index (χ1n) is 7.58. The van der Waals surface area contributed by atoms with Crippen LogP contribution in [-0.2, 0) is 4.79 Å². The van der Waals surface area contributed by atoms with Gasteiger partial charge < -0.3 is 10.6 Å². The summed E-state index contributed by atoms with van der Waals surface area (Å²) in [5.41, 5.74) is 0.296. The third kappa shape index (κ3) is 3.71. The van der Waals surface area contributed by atoms with Gasteiger partial charge in [-0.3, -0.25) is 4.79 Å². The van der Waals surface area contributed by atoms with Crippen LogP contribution >= 0.6 is 0 Å². The Labute approximate surface area is 111 Å². The van der Waals surface area contributed by atoms with Crippen molar-refractivity contribution in [3.63, 3.8) is 0 Å². The molecule has 1 atom stereocenters. The fourth-order valence-corrected chi connectivity index (χ4v) is 3.37. The molecule has 1 aliphatic carbocycles. The average Bonchev–Trinajstić information content (AvgIpc) is 2.68. The van der Waals surface area contributed by atoms with Crippen molar-refractivity contribution in [3.05, 3.63) is 0 Å². The molecule has 2 rings (SSSR count). The lowest BCUT2D eigenvalue weighted by Gasteiger charge is -2.28. The van der Waals surface area contributed by atoms with E-state index in [-0.39, 0.29) is 5.91 Å². The van der Waals surface area contributed by atoms with Gasteiger partial charge in [-0.1, -0.05) is 20.3 Å². The van der Waals surface area contributed by atoms with E-state index in [9.17, 15) is 4.79 Å². The van der Waals surface area contributed by atoms with Gasteiger partial charge in [0.25, 0.3) is 0 Å².